The van der Waals surface area contributed by atoms with Crippen molar-refractivity contribution in [1.82, 2.24) is 0 Å². The molecular weight excluding hydrogens is 201 g/mol. The first-order valence-corrected chi connectivity index (χ1v) is 5.22. The molecule has 0 unspecified atom stereocenters. The molecule has 78 valence electrons. The summed E-state index contributed by atoms with van der Waals surface area (Å²) in [5.41, 5.74) is 5.89. The van der Waals surface area contributed by atoms with Gasteiger partial charge in [-0.15, -0.1) is 11.8 Å². The second-order valence-electron chi connectivity index (χ2n) is 3.19. The van der Waals surface area contributed by atoms with Crippen molar-refractivity contribution in [2.45, 2.75) is 24.0 Å². The molecule has 0 aliphatic carbocycles. The molecular formula is C10H14FNOS. The Morgan fingerprint density at radius 1 is 1.43 bits per heavy atom. The van der Waals surface area contributed by atoms with Gasteiger partial charge in [-0.1, -0.05) is 13.8 Å². The number of methoxy groups -OCH3 is 1. The highest BCUT2D eigenvalue weighted by molar-refractivity contribution is 7.99. The van der Waals surface area contributed by atoms with Crippen molar-refractivity contribution in [3.8, 4) is 5.75 Å². The summed E-state index contributed by atoms with van der Waals surface area (Å²) in [5.74, 6) is 0.233. The average Bonchev–Trinajstić information content (AvgIpc) is 2.09. The van der Waals surface area contributed by atoms with Crippen LogP contribution < -0.4 is 10.5 Å². The van der Waals surface area contributed by atoms with Crippen LogP contribution in [0.15, 0.2) is 17.0 Å². The number of thioether (sulfide) groups is 1. The lowest BCUT2D eigenvalue weighted by atomic mass is 10.3. The van der Waals surface area contributed by atoms with E-state index in [1.165, 1.54) is 24.9 Å². The van der Waals surface area contributed by atoms with E-state index in [-0.39, 0.29) is 5.82 Å². The van der Waals surface area contributed by atoms with Crippen molar-refractivity contribution in [3.63, 3.8) is 0 Å². The first-order chi connectivity index (χ1) is 6.54. The molecule has 0 heterocycles. The summed E-state index contributed by atoms with van der Waals surface area (Å²) >= 11 is 1.45. The van der Waals surface area contributed by atoms with Crippen molar-refractivity contribution < 1.29 is 9.13 Å². The van der Waals surface area contributed by atoms with Gasteiger partial charge in [0.15, 0.2) is 0 Å². The number of halogens is 1. The van der Waals surface area contributed by atoms with Gasteiger partial charge >= 0.3 is 0 Å². The molecule has 0 aliphatic rings. The van der Waals surface area contributed by atoms with Crippen LogP contribution >= 0.6 is 11.8 Å². The number of hydrogen-bond donors (Lipinski definition) is 1. The maximum atomic E-state index is 13.4. The van der Waals surface area contributed by atoms with Gasteiger partial charge in [0.05, 0.1) is 12.8 Å². The largest absolute Gasteiger partial charge is 0.495 e. The standard InChI is InChI=1S/C10H14FNOS/c1-6(2)14-10-5-9(13-3)8(12)4-7(10)11/h4-6H,12H2,1-3H3. The van der Waals surface area contributed by atoms with Crippen molar-refractivity contribution >= 4 is 17.4 Å². The molecule has 1 aromatic rings. The second-order valence-corrected chi connectivity index (χ2v) is 4.81. The summed E-state index contributed by atoms with van der Waals surface area (Å²) in [6.45, 7) is 4.01. The summed E-state index contributed by atoms with van der Waals surface area (Å²) < 4.78 is 18.4. The zero-order valence-corrected chi connectivity index (χ0v) is 9.32. The fraction of sp³-hybridized carbons (Fsp3) is 0.400. The topological polar surface area (TPSA) is 35.2 Å². The number of nitrogens with two attached hydrogens (primary N) is 1. The summed E-state index contributed by atoms with van der Waals surface area (Å²) in [7, 11) is 1.52. The van der Waals surface area contributed by atoms with Crippen molar-refractivity contribution in [3.05, 3.63) is 17.9 Å². The lowest BCUT2D eigenvalue weighted by Gasteiger charge is -2.10. The lowest BCUT2D eigenvalue weighted by Crippen LogP contribution is -1.96. The number of rotatable bonds is 3. The Balaban J connectivity index is 3.04. The monoisotopic (exact) mass is 215 g/mol. The average molecular weight is 215 g/mol. The second kappa shape index (κ2) is 4.55. The smallest absolute Gasteiger partial charge is 0.143 e. The van der Waals surface area contributed by atoms with Crippen LogP contribution in [-0.2, 0) is 0 Å². The van der Waals surface area contributed by atoms with Crippen LogP contribution in [0.4, 0.5) is 10.1 Å². The van der Waals surface area contributed by atoms with Gasteiger partial charge in [-0.3, -0.25) is 0 Å². The third-order valence-electron chi connectivity index (χ3n) is 1.65. The summed E-state index contributed by atoms with van der Waals surface area (Å²) in [6, 6.07) is 2.93. The molecule has 0 spiro atoms. The number of nitrogen functional groups attached to an aromatic ring is 1. The fourth-order valence-electron chi connectivity index (χ4n) is 1.07. The number of benzene rings is 1. The third-order valence-corrected chi connectivity index (χ3v) is 2.69. The van der Waals surface area contributed by atoms with Crippen LogP contribution in [-0.4, -0.2) is 12.4 Å². The van der Waals surface area contributed by atoms with Gasteiger partial charge in [0.25, 0.3) is 0 Å². The molecule has 2 nitrogen and oxygen atoms in total. The summed E-state index contributed by atoms with van der Waals surface area (Å²) in [5, 5.41) is 0.331. The van der Waals surface area contributed by atoms with Gasteiger partial charge < -0.3 is 10.5 Å². The summed E-state index contributed by atoms with van der Waals surface area (Å²) in [6.07, 6.45) is 0. The summed E-state index contributed by atoms with van der Waals surface area (Å²) in [4.78, 5) is 0.575. The number of ether oxygens (including phenoxy) is 1. The molecule has 1 aromatic carbocycles. The zero-order valence-electron chi connectivity index (χ0n) is 8.50. The van der Waals surface area contributed by atoms with Crippen LogP contribution in [0.1, 0.15) is 13.8 Å². The first-order valence-electron chi connectivity index (χ1n) is 4.34. The quantitative estimate of drug-likeness (QED) is 0.622. The molecule has 0 saturated heterocycles. The maximum absolute atomic E-state index is 13.4. The Morgan fingerprint density at radius 2 is 2.07 bits per heavy atom. The Labute approximate surface area is 87.6 Å². The highest BCUT2D eigenvalue weighted by Gasteiger charge is 2.10. The lowest BCUT2D eigenvalue weighted by molar-refractivity contribution is 0.414. The van der Waals surface area contributed by atoms with E-state index in [2.05, 4.69) is 0 Å². The number of anilines is 1. The molecule has 4 heteroatoms. The minimum Gasteiger partial charge on any atom is -0.495 e. The van der Waals surface area contributed by atoms with Crippen LogP contribution in [0, 0.1) is 5.82 Å². The minimum absolute atomic E-state index is 0.290. The van der Waals surface area contributed by atoms with Gasteiger partial charge in [-0.2, -0.15) is 0 Å². The highest BCUT2D eigenvalue weighted by Crippen LogP contribution is 2.32. The van der Waals surface area contributed by atoms with Gasteiger partial charge in [0.2, 0.25) is 0 Å². The predicted molar refractivity (Wildman–Crippen MR) is 58.4 cm³/mol. The molecule has 0 saturated carbocycles. The Hall–Kier alpha value is -0.900. The molecule has 2 N–H and O–H groups in total. The minimum atomic E-state index is -0.290. The van der Waals surface area contributed by atoms with Gasteiger partial charge in [0.1, 0.15) is 11.6 Å². The SMILES string of the molecule is COc1cc(SC(C)C)c(F)cc1N. The van der Waals surface area contributed by atoms with E-state index in [0.717, 1.165) is 0 Å². The van der Waals surface area contributed by atoms with Crippen LogP contribution in [0.5, 0.6) is 5.75 Å². The molecule has 14 heavy (non-hydrogen) atoms. The van der Waals surface area contributed by atoms with E-state index in [9.17, 15) is 4.39 Å². The van der Waals surface area contributed by atoms with E-state index in [4.69, 9.17) is 10.5 Å². The van der Waals surface area contributed by atoms with Crippen molar-refractivity contribution in [2.75, 3.05) is 12.8 Å². The van der Waals surface area contributed by atoms with Gasteiger partial charge in [0, 0.05) is 16.2 Å². The Kier molecular flexibility index (Phi) is 3.63. The van der Waals surface area contributed by atoms with Gasteiger partial charge in [-0.05, 0) is 6.07 Å². The van der Waals surface area contributed by atoms with E-state index in [1.54, 1.807) is 6.07 Å². The van der Waals surface area contributed by atoms with Crippen LogP contribution in [0.3, 0.4) is 0 Å². The van der Waals surface area contributed by atoms with Crippen molar-refractivity contribution in [2.24, 2.45) is 0 Å². The molecule has 0 fully saturated rings. The molecule has 0 atom stereocenters. The maximum Gasteiger partial charge on any atom is 0.143 e. The Morgan fingerprint density at radius 3 is 2.57 bits per heavy atom. The van der Waals surface area contributed by atoms with Crippen LogP contribution in [0.2, 0.25) is 0 Å². The fourth-order valence-corrected chi connectivity index (χ4v) is 1.93. The normalized spacial score (nSPS) is 10.6. The molecule has 0 amide bonds. The van der Waals surface area contributed by atoms with E-state index < -0.39 is 0 Å². The van der Waals surface area contributed by atoms with E-state index in [0.29, 0.717) is 21.6 Å². The highest BCUT2D eigenvalue weighted by atomic mass is 32.2. The Bertz CT molecular complexity index is 328. The first kappa shape index (κ1) is 11.2. The molecule has 0 aliphatic heterocycles. The van der Waals surface area contributed by atoms with Crippen LogP contribution in [0.25, 0.3) is 0 Å². The molecule has 0 bridgehead atoms. The van der Waals surface area contributed by atoms with E-state index in [1.807, 2.05) is 13.8 Å². The molecule has 1 rings (SSSR count). The van der Waals surface area contributed by atoms with Crippen molar-refractivity contribution in [1.29, 1.82) is 0 Å². The molecule has 0 aromatic heterocycles. The van der Waals surface area contributed by atoms with Gasteiger partial charge in [-0.25, -0.2) is 4.39 Å². The third kappa shape index (κ3) is 2.54. The molecule has 0 radical (unpaired) electrons. The zero-order chi connectivity index (χ0) is 10.7. The predicted octanol–water partition coefficient (Wildman–Crippen LogP) is 2.92. The van der Waals surface area contributed by atoms with E-state index >= 15 is 0 Å². The number of hydrogen-bond acceptors (Lipinski definition) is 3.